The second-order valence-electron chi connectivity index (χ2n) is 4.08. The number of hydrogen-bond donors (Lipinski definition) is 0. The van der Waals surface area contributed by atoms with Gasteiger partial charge in [-0.1, -0.05) is 18.2 Å². The first-order chi connectivity index (χ1) is 8.91. The maximum atomic E-state index is 12.5. The van der Waals surface area contributed by atoms with Gasteiger partial charge in [-0.2, -0.15) is 0 Å². The molecule has 0 radical (unpaired) electrons. The zero-order valence-corrected chi connectivity index (χ0v) is 12.5. The molecule has 0 spiro atoms. The molecule has 1 atom stereocenters. The van der Waals surface area contributed by atoms with Crippen LogP contribution >= 0.6 is 7.60 Å². The lowest BCUT2D eigenvalue weighted by Gasteiger charge is -2.20. The van der Waals surface area contributed by atoms with E-state index < -0.39 is 19.7 Å². The predicted octanol–water partition coefficient (Wildman–Crippen LogP) is 3.08. The fraction of sp³-hybridized carbons (Fsp3) is 0.462. The molecule has 6 heteroatoms. The highest BCUT2D eigenvalue weighted by molar-refractivity contribution is 7.55. The third-order valence-electron chi connectivity index (χ3n) is 2.52. The lowest BCUT2D eigenvalue weighted by molar-refractivity contribution is -0.137. The normalized spacial score (nSPS) is 13.7. The number of hydrogen-bond acceptors (Lipinski definition) is 5. The van der Waals surface area contributed by atoms with E-state index in [2.05, 4.69) is 4.74 Å². The standard InChI is InChI=1S/C13H19O5P/c1-5-17-19(15,9-12(14)16-4)18-13-10(2)7-6-8-11(13)3/h6-8H,5,9H2,1-4H3. The maximum Gasteiger partial charge on any atom is 0.390 e. The number of ether oxygens (including phenoxy) is 1. The van der Waals surface area contributed by atoms with Gasteiger partial charge in [0.25, 0.3) is 0 Å². The molecule has 1 unspecified atom stereocenters. The van der Waals surface area contributed by atoms with E-state index in [9.17, 15) is 9.36 Å². The van der Waals surface area contributed by atoms with Crippen LogP contribution in [-0.2, 0) is 18.6 Å². The van der Waals surface area contributed by atoms with Crippen LogP contribution in [-0.4, -0.2) is 25.8 Å². The van der Waals surface area contributed by atoms with Crippen LogP contribution in [0.4, 0.5) is 0 Å². The summed E-state index contributed by atoms with van der Waals surface area (Å²) in [7, 11) is -2.31. The van der Waals surface area contributed by atoms with Crippen molar-refractivity contribution in [1.29, 1.82) is 0 Å². The van der Waals surface area contributed by atoms with Gasteiger partial charge in [0.15, 0.2) is 6.16 Å². The van der Waals surface area contributed by atoms with Gasteiger partial charge in [-0.15, -0.1) is 0 Å². The lowest BCUT2D eigenvalue weighted by atomic mass is 10.1. The molecule has 0 saturated heterocycles. The minimum Gasteiger partial charge on any atom is -0.468 e. The Labute approximate surface area is 113 Å². The van der Waals surface area contributed by atoms with Crippen LogP contribution in [0.15, 0.2) is 18.2 Å². The van der Waals surface area contributed by atoms with Crippen molar-refractivity contribution >= 4 is 13.6 Å². The fourth-order valence-corrected chi connectivity index (χ4v) is 3.22. The SMILES string of the molecule is CCOP(=O)(CC(=O)OC)Oc1c(C)cccc1C. The molecule has 0 aliphatic heterocycles. The summed E-state index contributed by atoms with van der Waals surface area (Å²) in [5.74, 6) is -0.133. The van der Waals surface area contributed by atoms with Crippen molar-refractivity contribution in [2.45, 2.75) is 20.8 Å². The van der Waals surface area contributed by atoms with Gasteiger partial charge < -0.3 is 9.26 Å². The molecule has 1 aromatic carbocycles. The number of carbonyl (C=O) groups excluding carboxylic acids is 1. The Morgan fingerprint density at radius 3 is 2.32 bits per heavy atom. The van der Waals surface area contributed by atoms with Crippen LogP contribution in [0.1, 0.15) is 18.1 Å². The summed E-state index contributed by atoms with van der Waals surface area (Å²) in [5, 5.41) is 0. The summed E-state index contributed by atoms with van der Waals surface area (Å²) in [6.07, 6.45) is -0.398. The van der Waals surface area contributed by atoms with Crippen molar-refractivity contribution in [2.24, 2.45) is 0 Å². The first-order valence-corrected chi connectivity index (χ1v) is 7.71. The highest BCUT2D eigenvalue weighted by Crippen LogP contribution is 2.49. The summed E-state index contributed by atoms with van der Waals surface area (Å²) in [4.78, 5) is 11.3. The molecule has 0 saturated carbocycles. The third-order valence-corrected chi connectivity index (χ3v) is 4.27. The van der Waals surface area contributed by atoms with Crippen LogP contribution in [0.3, 0.4) is 0 Å². The Kier molecular flexibility index (Phi) is 5.58. The van der Waals surface area contributed by atoms with Gasteiger partial charge in [0.2, 0.25) is 0 Å². The molecule has 0 bridgehead atoms. The minimum atomic E-state index is -3.54. The first-order valence-electron chi connectivity index (χ1n) is 5.98. The van der Waals surface area contributed by atoms with Crippen molar-refractivity contribution in [1.82, 2.24) is 0 Å². The second kappa shape index (κ2) is 6.73. The molecule has 0 aromatic heterocycles. The van der Waals surface area contributed by atoms with Gasteiger partial charge in [-0.25, -0.2) is 4.57 Å². The molecule has 19 heavy (non-hydrogen) atoms. The highest BCUT2D eigenvalue weighted by atomic mass is 31.2. The zero-order chi connectivity index (χ0) is 14.5. The van der Waals surface area contributed by atoms with Crippen LogP contribution < -0.4 is 4.52 Å². The van der Waals surface area contributed by atoms with Gasteiger partial charge in [0.1, 0.15) is 5.75 Å². The van der Waals surface area contributed by atoms with Crippen LogP contribution in [0.5, 0.6) is 5.75 Å². The fourth-order valence-electron chi connectivity index (χ4n) is 1.61. The molecular weight excluding hydrogens is 267 g/mol. The van der Waals surface area contributed by atoms with Crippen molar-refractivity contribution in [3.8, 4) is 5.75 Å². The predicted molar refractivity (Wildman–Crippen MR) is 72.7 cm³/mol. The van der Waals surface area contributed by atoms with E-state index >= 15 is 0 Å². The Morgan fingerprint density at radius 2 is 1.84 bits per heavy atom. The topological polar surface area (TPSA) is 61.8 Å². The summed E-state index contributed by atoms with van der Waals surface area (Å²) in [6.45, 7) is 5.57. The average Bonchev–Trinajstić information content (AvgIpc) is 2.34. The number of methoxy groups -OCH3 is 1. The first kappa shape index (κ1) is 15.7. The summed E-state index contributed by atoms with van der Waals surface area (Å²) >= 11 is 0. The molecule has 1 aromatic rings. The van der Waals surface area contributed by atoms with Crippen LogP contribution in [0.2, 0.25) is 0 Å². The summed E-state index contributed by atoms with van der Waals surface area (Å²) < 4.78 is 27.7. The lowest BCUT2D eigenvalue weighted by Crippen LogP contribution is -2.13. The van der Waals surface area contributed by atoms with Crippen molar-refractivity contribution in [3.05, 3.63) is 29.3 Å². The Balaban J connectivity index is 3.01. The Morgan fingerprint density at radius 1 is 1.26 bits per heavy atom. The van der Waals surface area contributed by atoms with E-state index in [4.69, 9.17) is 9.05 Å². The van der Waals surface area contributed by atoms with Crippen molar-refractivity contribution < 1.29 is 23.1 Å². The molecule has 0 fully saturated rings. The Hall–Kier alpha value is -1.32. The van der Waals surface area contributed by atoms with Gasteiger partial charge in [-0.3, -0.25) is 9.32 Å². The summed E-state index contributed by atoms with van der Waals surface area (Å²) in [6, 6.07) is 5.57. The van der Waals surface area contributed by atoms with Crippen LogP contribution in [0.25, 0.3) is 0 Å². The van der Waals surface area contributed by atoms with E-state index in [1.807, 2.05) is 32.0 Å². The second-order valence-corrected chi connectivity index (χ2v) is 6.05. The Bertz CT molecular complexity index is 478. The largest absolute Gasteiger partial charge is 0.468 e. The van der Waals surface area contributed by atoms with Crippen LogP contribution in [0, 0.1) is 13.8 Å². The van der Waals surface area contributed by atoms with Crippen molar-refractivity contribution in [3.63, 3.8) is 0 Å². The smallest absolute Gasteiger partial charge is 0.390 e. The van der Waals surface area contributed by atoms with Gasteiger partial charge >= 0.3 is 13.6 Å². The quantitative estimate of drug-likeness (QED) is 0.594. The number of para-hydroxylation sites is 1. The van der Waals surface area contributed by atoms with Gasteiger partial charge in [0, 0.05) is 0 Å². The highest BCUT2D eigenvalue weighted by Gasteiger charge is 2.31. The molecule has 0 N–H and O–H groups in total. The molecule has 0 amide bonds. The molecular formula is C13H19O5P. The molecule has 0 aliphatic carbocycles. The number of aryl methyl sites for hydroxylation is 2. The number of carbonyl (C=O) groups is 1. The molecule has 5 nitrogen and oxygen atoms in total. The van der Waals surface area contributed by atoms with E-state index in [0.29, 0.717) is 5.75 Å². The van der Waals surface area contributed by atoms with Crippen molar-refractivity contribution in [2.75, 3.05) is 19.9 Å². The van der Waals surface area contributed by atoms with E-state index in [1.54, 1.807) is 6.92 Å². The van der Waals surface area contributed by atoms with E-state index in [1.165, 1.54) is 7.11 Å². The molecule has 106 valence electrons. The van der Waals surface area contributed by atoms with Gasteiger partial charge in [0.05, 0.1) is 13.7 Å². The number of benzene rings is 1. The molecule has 0 aliphatic rings. The third kappa shape index (κ3) is 4.37. The molecule has 0 heterocycles. The zero-order valence-electron chi connectivity index (χ0n) is 11.6. The summed E-state index contributed by atoms with van der Waals surface area (Å²) in [5.41, 5.74) is 1.68. The monoisotopic (exact) mass is 286 g/mol. The molecule has 1 rings (SSSR count). The number of rotatable bonds is 6. The minimum absolute atomic E-state index is 0.194. The van der Waals surface area contributed by atoms with E-state index in [-0.39, 0.29) is 6.61 Å². The number of esters is 1. The van der Waals surface area contributed by atoms with E-state index in [0.717, 1.165) is 11.1 Å². The van der Waals surface area contributed by atoms with Gasteiger partial charge in [-0.05, 0) is 31.9 Å². The average molecular weight is 286 g/mol. The maximum absolute atomic E-state index is 12.5.